The molecule has 0 spiro atoms. The molecule has 0 aromatic heterocycles. The van der Waals surface area contributed by atoms with Crippen molar-refractivity contribution in [1.82, 2.24) is 0 Å². The van der Waals surface area contributed by atoms with Crippen molar-refractivity contribution < 1.29 is 9.53 Å². The maximum Gasteiger partial charge on any atom is 0.184 e. The lowest BCUT2D eigenvalue weighted by atomic mass is 9.86. The summed E-state index contributed by atoms with van der Waals surface area (Å²) in [5, 5.41) is 0. The van der Waals surface area contributed by atoms with Crippen LogP contribution in [0.3, 0.4) is 0 Å². The van der Waals surface area contributed by atoms with Crippen LogP contribution in [0.15, 0.2) is 12.7 Å². The van der Waals surface area contributed by atoms with Gasteiger partial charge in [-0.15, -0.1) is 0 Å². The van der Waals surface area contributed by atoms with Gasteiger partial charge in [-0.1, -0.05) is 27.4 Å². The largest absolute Gasteiger partial charge is 0.373 e. The lowest BCUT2D eigenvalue weighted by Crippen LogP contribution is -2.34. The predicted molar refractivity (Wildman–Crippen MR) is 45.5 cm³/mol. The first-order valence-corrected chi connectivity index (χ1v) is 3.62. The third-order valence-corrected chi connectivity index (χ3v) is 1.48. The number of rotatable bonds is 3. The molecule has 0 aromatic carbocycles. The molecule has 64 valence electrons. The molecule has 0 aromatic rings. The van der Waals surface area contributed by atoms with Crippen molar-refractivity contribution in [2.24, 2.45) is 5.41 Å². The fraction of sp³-hybridized carbons (Fsp3) is 0.667. The van der Waals surface area contributed by atoms with Gasteiger partial charge in [0.25, 0.3) is 0 Å². The number of hydrogen-bond acceptors (Lipinski definition) is 2. The van der Waals surface area contributed by atoms with E-state index in [2.05, 4.69) is 6.58 Å². The molecule has 0 aliphatic carbocycles. The van der Waals surface area contributed by atoms with Crippen LogP contribution < -0.4 is 0 Å². The predicted octanol–water partition coefficient (Wildman–Crippen LogP) is 1.80. The molecule has 0 saturated heterocycles. The molecule has 11 heavy (non-hydrogen) atoms. The van der Waals surface area contributed by atoms with E-state index in [1.165, 1.54) is 13.2 Å². The van der Waals surface area contributed by atoms with Crippen LogP contribution >= 0.6 is 0 Å². The van der Waals surface area contributed by atoms with Gasteiger partial charge in [-0.3, -0.25) is 4.79 Å². The lowest BCUT2D eigenvalue weighted by Gasteiger charge is -2.26. The van der Waals surface area contributed by atoms with Crippen molar-refractivity contribution >= 4 is 5.78 Å². The third kappa shape index (κ3) is 2.85. The zero-order valence-electron chi connectivity index (χ0n) is 7.68. The van der Waals surface area contributed by atoms with Gasteiger partial charge in [0.1, 0.15) is 6.10 Å². The van der Waals surface area contributed by atoms with Gasteiger partial charge in [0.15, 0.2) is 5.78 Å². The Morgan fingerprint density at radius 1 is 1.55 bits per heavy atom. The number of methoxy groups -OCH3 is 1. The van der Waals surface area contributed by atoms with E-state index >= 15 is 0 Å². The summed E-state index contributed by atoms with van der Waals surface area (Å²) < 4.78 is 5.05. The normalized spacial score (nSPS) is 14.2. The average molecular weight is 156 g/mol. The van der Waals surface area contributed by atoms with E-state index in [9.17, 15) is 4.79 Å². The molecular weight excluding hydrogens is 140 g/mol. The Morgan fingerprint density at radius 3 is 2.09 bits per heavy atom. The fourth-order valence-electron chi connectivity index (χ4n) is 1.00. The third-order valence-electron chi connectivity index (χ3n) is 1.48. The molecule has 0 radical (unpaired) electrons. The topological polar surface area (TPSA) is 26.3 Å². The summed E-state index contributed by atoms with van der Waals surface area (Å²) in [7, 11) is 1.54. The first-order valence-electron chi connectivity index (χ1n) is 3.62. The second-order valence-corrected chi connectivity index (χ2v) is 3.59. The van der Waals surface area contributed by atoms with Gasteiger partial charge >= 0.3 is 0 Å². The minimum absolute atomic E-state index is 0.0556. The molecular formula is C9H16O2. The molecule has 0 saturated carbocycles. The minimum Gasteiger partial charge on any atom is -0.373 e. The van der Waals surface area contributed by atoms with Crippen molar-refractivity contribution in [2.45, 2.75) is 26.9 Å². The van der Waals surface area contributed by atoms with Gasteiger partial charge in [0.2, 0.25) is 0 Å². The van der Waals surface area contributed by atoms with Gasteiger partial charge in [-0.2, -0.15) is 0 Å². The van der Waals surface area contributed by atoms with E-state index in [0.717, 1.165) is 0 Å². The zero-order valence-corrected chi connectivity index (χ0v) is 7.68. The number of ether oxygens (including phenoxy) is 1. The summed E-state index contributed by atoms with van der Waals surface area (Å²) in [6, 6.07) is 0. The van der Waals surface area contributed by atoms with E-state index in [0.29, 0.717) is 0 Å². The van der Waals surface area contributed by atoms with Crippen molar-refractivity contribution in [3.05, 3.63) is 12.7 Å². The molecule has 2 nitrogen and oxygen atoms in total. The number of hydrogen-bond donors (Lipinski definition) is 0. The second-order valence-electron chi connectivity index (χ2n) is 3.59. The van der Waals surface area contributed by atoms with Crippen LogP contribution in [0.4, 0.5) is 0 Å². The summed E-state index contributed by atoms with van der Waals surface area (Å²) in [6.45, 7) is 9.30. The highest BCUT2D eigenvalue weighted by Gasteiger charge is 2.28. The Hall–Kier alpha value is -0.630. The van der Waals surface area contributed by atoms with Crippen LogP contribution in [0.25, 0.3) is 0 Å². The van der Waals surface area contributed by atoms with E-state index in [1.54, 1.807) is 0 Å². The second kappa shape index (κ2) is 3.67. The summed E-state index contributed by atoms with van der Waals surface area (Å²) in [6.07, 6.45) is 0.930. The Kier molecular flexibility index (Phi) is 3.46. The number of ketones is 1. The molecule has 0 heterocycles. The highest BCUT2D eigenvalue weighted by atomic mass is 16.5. The van der Waals surface area contributed by atoms with Crippen LogP contribution in [-0.2, 0) is 9.53 Å². The minimum atomic E-state index is -0.375. The van der Waals surface area contributed by atoms with Gasteiger partial charge in [0.05, 0.1) is 0 Å². The summed E-state index contributed by atoms with van der Waals surface area (Å²) in [4.78, 5) is 11.1. The van der Waals surface area contributed by atoms with Gasteiger partial charge in [0, 0.05) is 7.11 Å². The SMILES string of the molecule is C=CC(=O)C(OC)C(C)(C)C. The zero-order chi connectivity index (χ0) is 9.07. The highest BCUT2D eigenvalue weighted by Crippen LogP contribution is 2.22. The molecule has 0 fully saturated rings. The van der Waals surface area contributed by atoms with E-state index in [1.807, 2.05) is 20.8 Å². The van der Waals surface area contributed by atoms with Gasteiger partial charge in [-0.05, 0) is 11.5 Å². The van der Waals surface area contributed by atoms with Crippen molar-refractivity contribution in [3.63, 3.8) is 0 Å². The maximum atomic E-state index is 11.1. The van der Waals surface area contributed by atoms with Gasteiger partial charge in [-0.25, -0.2) is 0 Å². The quantitative estimate of drug-likeness (QED) is 0.582. The molecule has 0 amide bonds. The standard InChI is InChI=1S/C9H16O2/c1-6-7(10)8(11-5)9(2,3)4/h6,8H,1H2,2-5H3. The van der Waals surface area contributed by atoms with Crippen molar-refractivity contribution in [1.29, 1.82) is 0 Å². The fourth-order valence-corrected chi connectivity index (χ4v) is 1.00. The van der Waals surface area contributed by atoms with Crippen LogP contribution in [0, 0.1) is 5.41 Å². The van der Waals surface area contributed by atoms with Gasteiger partial charge < -0.3 is 4.74 Å². The van der Waals surface area contributed by atoms with Crippen LogP contribution in [0.2, 0.25) is 0 Å². The Balaban J connectivity index is 4.41. The Bertz CT molecular complexity index is 153. The molecule has 1 unspecified atom stereocenters. The summed E-state index contributed by atoms with van der Waals surface area (Å²) in [5.41, 5.74) is -0.153. The average Bonchev–Trinajstić information content (AvgIpc) is 1.86. The first-order chi connectivity index (χ1) is 4.93. The molecule has 0 aliphatic rings. The molecule has 0 rings (SSSR count). The van der Waals surface area contributed by atoms with Crippen LogP contribution in [-0.4, -0.2) is 19.0 Å². The van der Waals surface area contributed by atoms with Crippen LogP contribution in [0.5, 0.6) is 0 Å². The lowest BCUT2D eigenvalue weighted by molar-refractivity contribution is -0.129. The molecule has 0 bridgehead atoms. The molecule has 0 aliphatic heterocycles. The monoisotopic (exact) mass is 156 g/mol. The Morgan fingerprint density at radius 2 is 2.00 bits per heavy atom. The number of carbonyl (C=O) groups is 1. The molecule has 0 N–H and O–H groups in total. The first kappa shape index (κ1) is 10.4. The van der Waals surface area contributed by atoms with Crippen molar-refractivity contribution in [2.75, 3.05) is 7.11 Å². The highest BCUT2D eigenvalue weighted by molar-refractivity contribution is 5.93. The Labute approximate surface area is 68.2 Å². The molecule has 2 heteroatoms. The van der Waals surface area contributed by atoms with Crippen molar-refractivity contribution in [3.8, 4) is 0 Å². The molecule has 1 atom stereocenters. The maximum absolute atomic E-state index is 11.1. The van der Waals surface area contributed by atoms with E-state index < -0.39 is 0 Å². The summed E-state index contributed by atoms with van der Waals surface area (Å²) in [5.74, 6) is -0.0556. The number of carbonyl (C=O) groups excluding carboxylic acids is 1. The smallest absolute Gasteiger partial charge is 0.184 e. The van der Waals surface area contributed by atoms with E-state index in [4.69, 9.17) is 4.74 Å². The van der Waals surface area contributed by atoms with E-state index in [-0.39, 0.29) is 17.3 Å². The summed E-state index contributed by atoms with van der Waals surface area (Å²) >= 11 is 0. The van der Waals surface area contributed by atoms with Crippen LogP contribution in [0.1, 0.15) is 20.8 Å².